The third-order valence-electron chi connectivity index (χ3n) is 10.9. The molecule has 0 aliphatic carbocycles. The smallest absolute Gasteiger partial charge is 0.193 e. The second-order valence-corrected chi connectivity index (χ2v) is 21.8. The van der Waals surface area contributed by atoms with Crippen LogP contribution in [0, 0.1) is 0 Å². The highest BCUT2D eigenvalue weighted by Crippen LogP contribution is 2.63. The van der Waals surface area contributed by atoms with Crippen LogP contribution in [0.3, 0.4) is 0 Å². The van der Waals surface area contributed by atoms with Crippen LogP contribution >= 0.6 is 14.5 Å². The van der Waals surface area contributed by atoms with Gasteiger partial charge in [0.15, 0.2) is 5.78 Å². The molecule has 0 saturated carbocycles. The number of hydrogen-bond donors (Lipinski definition) is 0. The van der Waals surface area contributed by atoms with Crippen molar-refractivity contribution in [3.63, 3.8) is 0 Å². The molecule has 0 fully saturated rings. The fraction of sp³-hybridized carbons (Fsp3) is 0.0755. The standard InChI is InChI=1S/C53H46OP2.2BrH/c54-53(47-35-31-45(32-36-47)41-55(49-23-11-3-12-24-49,50-25-13-4-14-26-50)39-43-19-7-1-8-20-43)48-37-33-46(34-38-48)42-56(51-27-15-5-16-28-51,52-29-17-6-18-30-52)40-44-21-9-2-10-22-44;;/h1-38H,39-42H2;2*1H/q+2;;/p-2. The summed E-state index contributed by atoms with van der Waals surface area (Å²) < 4.78 is 0. The highest BCUT2D eigenvalue weighted by molar-refractivity contribution is 7.88. The zero-order valence-corrected chi connectivity index (χ0v) is 37.3. The summed E-state index contributed by atoms with van der Waals surface area (Å²) in [4.78, 5) is 14.0. The first-order valence-electron chi connectivity index (χ1n) is 19.4. The van der Waals surface area contributed by atoms with Crippen molar-refractivity contribution in [2.24, 2.45) is 0 Å². The molecule has 0 aliphatic heterocycles. The molecule has 0 bridgehead atoms. The van der Waals surface area contributed by atoms with Gasteiger partial charge in [-0.25, -0.2) is 0 Å². The summed E-state index contributed by atoms with van der Waals surface area (Å²) in [6.45, 7) is 0. The van der Waals surface area contributed by atoms with Crippen molar-refractivity contribution in [2.45, 2.75) is 24.6 Å². The van der Waals surface area contributed by atoms with E-state index >= 15 is 0 Å². The van der Waals surface area contributed by atoms with Crippen molar-refractivity contribution in [1.82, 2.24) is 0 Å². The molecule has 0 atom stereocenters. The average molecular weight is 921 g/mol. The third-order valence-corrected chi connectivity index (χ3v) is 19.7. The summed E-state index contributed by atoms with van der Waals surface area (Å²) in [6, 6.07) is 82.8. The maximum atomic E-state index is 14.0. The van der Waals surface area contributed by atoms with Gasteiger partial charge in [0.05, 0.1) is 60.4 Å². The fourth-order valence-electron chi connectivity index (χ4n) is 8.10. The Labute approximate surface area is 366 Å². The van der Waals surface area contributed by atoms with Crippen molar-refractivity contribution in [1.29, 1.82) is 0 Å². The lowest BCUT2D eigenvalue weighted by atomic mass is 10.0. The van der Waals surface area contributed by atoms with E-state index in [0.717, 1.165) is 24.6 Å². The summed E-state index contributed by atoms with van der Waals surface area (Å²) in [7, 11) is -3.83. The topological polar surface area (TPSA) is 17.1 Å². The highest BCUT2D eigenvalue weighted by atomic mass is 79.9. The molecule has 0 spiro atoms. The van der Waals surface area contributed by atoms with E-state index in [4.69, 9.17) is 0 Å². The molecule has 0 N–H and O–H groups in total. The molecule has 0 amide bonds. The molecular formula is C53H46Br2OP2. The maximum Gasteiger partial charge on any atom is 0.193 e. The van der Waals surface area contributed by atoms with Crippen molar-refractivity contribution < 1.29 is 38.8 Å². The van der Waals surface area contributed by atoms with Crippen molar-refractivity contribution in [3.05, 3.63) is 264 Å². The predicted octanol–water partition coefficient (Wildman–Crippen LogP) is 5.66. The Kier molecular flexibility index (Phi) is 15.0. The summed E-state index contributed by atoms with van der Waals surface area (Å²) in [5, 5.41) is 5.57. The lowest BCUT2D eigenvalue weighted by Crippen LogP contribution is -3.00. The number of hydrogen-bond acceptors (Lipinski definition) is 1. The predicted molar refractivity (Wildman–Crippen MR) is 242 cm³/mol. The normalized spacial score (nSPS) is 11.2. The van der Waals surface area contributed by atoms with Gasteiger partial charge >= 0.3 is 0 Å². The SMILES string of the molecule is O=C(c1ccc(C[P+](Cc2ccccc2)(c2ccccc2)c2ccccc2)cc1)c1ccc(C[P+](Cc2ccccc2)(c2ccccc2)c2ccccc2)cc1.[Br-].[Br-]. The zero-order valence-electron chi connectivity index (χ0n) is 32.3. The molecule has 0 radical (unpaired) electrons. The maximum absolute atomic E-state index is 14.0. The van der Waals surface area contributed by atoms with Crippen LogP contribution in [0.4, 0.5) is 0 Å². The highest BCUT2D eigenvalue weighted by Gasteiger charge is 2.44. The van der Waals surface area contributed by atoms with Gasteiger partial charge in [-0.15, -0.1) is 0 Å². The number of rotatable bonds is 14. The van der Waals surface area contributed by atoms with E-state index in [-0.39, 0.29) is 39.7 Å². The van der Waals surface area contributed by atoms with Gasteiger partial charge in [0.25, 0.3) is 0 Å². The molecule has 8 rings (SSSR count). The van der Waals surface area contributed by atoms with Gasteiger partial charge in [-0.05, 0) is 70.8 Å². The molecular weight excluding hydrogens is 874 g/mol. The van der Waals surface area contributed by atoms with Gasteiger partial charge < -0.3 is 34.0 Å². The Bertz CT molecular complexity index is 2190. The van der Waals surface area contributed by atoms with E-state index in [1.165, 1.54) is 43.5 Å². The van der Waals surface area contributed by atoms with Crippen molar-refractivity contribution in [2.75, 3.05) is 0 Å². The Morgan fingerprint density at radius 3 is 0.724 bits per heavy atom. The molecule has 5 heteroatoms. The molecule has 8 aromatic carbocycles. The molecule has 288 valence electrons. The van der Waals surface area contributed by atoms with E-state index in [0.29, 0.717) is 11.1 Å². The van der Waals surface area contributed by atoms with Crippen molar-refractivity contribution in [3.8, 4) is 0 Å². The van der Waals surface area contributed by atoms with Crippen molar-refractivity contribution >= 4 is 41.5 Å². The largest absolute Gasteiger partial charge is 1.00 e. The van der Waals surface area contributed by atoms with E-state index in [1.54, 1.807) is 0 Å². The lowest BCUT2D eigenvalue weighted by Gasteiger charge is -2.28. The minimum absolute atomic E-state index is 0. The van der Waals surface area contributed by atoms with Crippen LogP contribution in [0.25, 0.3) is 0 Å². The van der Waals surface area contributed by atoms with Crippen LogP contribution in [-0.2, 0) is 24.6 Å². The van der Waals surface area contributed by atoms with Gasteiger partial charge in [-0.1, -0.05) is 182 Å². The Morgan fingerprint density at radius 1 is 0.276 bits per heavy atom. The minimum atomic E-state index is -1.91. The Morgan fingerprint density at radius 2 is 0.483 bits per heavy atom. The van der Waals surface area contributed by atoms with Gasteiger partial charge in [0.1, 0.15) is 0 Å². The summed E-state index contributed by atoms with van der Waals surface area (Å²) in [6.07, 6.45) is 3.77. The number of carbonyl (C=O) groups excluding carboxylic acids is 1. The first kappa shape index (κ1) is 42.8. The number of ketones is 1. The first-order valence-corrected chi connectivity index (χ1v) is 23.7. The molecule has 58 heavy (non-hydrogen) atoms. The molecule has 0 heterocycles. The van der Waals surface area contributed by atoms with Crippen LogP contribution < -0.4 is 55.2 Å². The fourth-order valence-corrected chi connectivity index (χ4v) is 16.7. The summed E-state index contributed by atoms with van der Waals surface area (Å²) >= 11 is 0. The molecule has 0 aliphatic rings. The van der Waals surface area contributed by atoms with Crippen LogP contribution in [0.5, 0.6) is 0 Å². The van der Waals surface area contributed by atoms with Crippen LogP contribution in [-0.4, -0.2) is 5.78 Å². The van der Waals surface area contributed by atoms with E-state index in [2.05, 4.69) is 206 Å². The summed E-state index contributed by atoms with van der Waals surface area (Å²) in [5.74, 6) is 0.0519. The quantitative estimate of drug-likeness (QED) is 0.102. The Balaban J connectivity index is 0.00000283. The van der Waals surface area contributed by atoms with Gasteiger partial charge in [0.2, 0.25) is 0 Å². The number of benzene rings is 8. The molecule has 0 unspecified atom stereocenters. The molecule has 8 aromatic rings. The zero-order chi connectivity index (χ0) is 38.0. The molecule has 1 nitrogen and oxygen atoms in total. The third kappa shape index (κ3) is 9.74. The second-order valence-electron chi connectivity index (χ2n) is 14.6. The summed E-state index contributed by atoms with van der Waals surface area (Å²) in [5.41, 5.74) is 6.61. The Hall–Kier alpha value is -4.75. The van der Waals surface area contributed by atoms with Crippen LogP contribution in [0.2, 0.25) is 0 Å². The van der Waals surface area contributed by atoms with Crippen LogP contribution in [0.15, 0.2) is 231 Å². The monoisotopic (exact) mass is 918 g/mol. The van der Waals surface area contributed by atoms with Gasteiger partial charge in [-0.2, -0.15) is 0 Å². The second kappa shape index (κ2) is 20.3. The van der Waals surface area contributed by atoms with E-state index in [9.17, 15) is 4.79 Å². The first-order chi connectivity index (χ1) is 27.6. The van der Waals surface area contributed by atoms with Gasteiger partial charge in [0, 0.05) is 11.1 Å². The van der Waals surface area contributed by atoms with Crippen LogP contribution in [0.1, 0.15) is 38.2 Å². The minimum Gasteiger partial charge on any atom is -1.00 e. The average Bonchev–Trinajstić information content (AvgIpc) is 3.28. The molecule has 0 saturated heterocycles. The van der Waals surface area contributed by atoms with Gasteiger partial charge in [-0.3, -0.25) is 4.79 Å². The molecule has 0 aromatic heterocycles. The number of carbonyl (C=O) groups is 1. The lowest BCUT2D eigenvalue weighted by molar-refractivity contribution is -0.00100. The van der Waals surface area contributed by atoms with E-state index in [1.807, 2.05) is 24.3 Å². The van der Waals surface area contributed by atoms with E-state index < -0.39 is 14.5 Å². The number of halogens is 2.